The molecule has 3 heteroatoms. The quantitative estimate of drug-likeness (QED) is 0.590. The average Bonchev–Trinajstić information content (AvgIpc) is 2.35. The van der Waals surface area contributed by atoms with Crippen LogP contribution in [0.25, 0.3) is 0 Å². The standard InChI is InChI=1S/C16H32O3/c1-9-13(5)19-16(18-8,12(3)4)11-15(6,7)14(17)10-2/h12-13H,9-11H2,1-8H3. The SMILES string of the molecule is CCC(=O)C(C)(C)CC(OC)(OC(C)CC)C(C)C. The molecule has 3 nitrogen and oxygen atoms in total. The summed E-state index contributed by atoms with van der Waals surface area (Å²) >= 11 is 0. The summed E-state index contributed by atoms with van der Waals surface area (Å²) < 4.78 is 11.9. The van der Waals surface area contributed by atoms with Crippen LogP contribution >= 0.6 is 0 Å². The first-order valence-electron chi connectivity index (χ1n) is 7.41. The molecule has 0 aromatic carbocycles. The average molecular weight is 272 g/mol. The lowest BCUT2D eigenvalue weighted by molar-refractivity contribution is -0.279. The van der Waals surface area contributed by atoms with Gasteiger partial charge in [0.2, 0.25) is 0 Å². The van der Waals surface area contributed by atoms with Crippen LogP contribution in [-0.4, -0.2) is 24.8 Å². The molecule has 0 aliphatic heterocycles. The highest BCUT2D eigenvalue weighted by molar-refractivity contribution is 5.83. The molecule has 0 saturated carbocycles. The second kappa shape index (κ2) is 7.39. The number of hydrogen-bond acceptors (Lipinski definition) is 3. The Labute approximate surface area is 119 Å². The Bertz CT molecular complexity index is 284. The smallest absolute Gasteiger partial charge is 0.171 e. The van der Waals surface area contributed by atoms with Crippen LogP contribution in [0.1, 0.15) is 67.7 Å². The van der Waals surface area contributed by atoms with Crippen molar-refractivity contribution in [1.29, 1.82) is 0 Å². The van der Waals surface area contributed by atoms with Crippen LogP contribution in [0, 0.1) is 11.3 Å². The van der Waals surface area contributed by atoms with Gasteiger partial charge in [0.15, 0.2) is 5.79 Å². The highest BCUT2D eigenvalue weighted by atomic mass is 16.7. The third-order valence-electron chi connectivity index (χ3n) is 3.97. The van der Waals surface area contributed by atoms with Gasteiger partial charge in [0, 0.05) is 31.3 Å². The number of ether oxygens (including phenoxy) is 2. The van der Waals surface area contributed by atoms with E-state index in [2.05, 4.69) is 20.8 Å². The van der Waals surface area contributed by atoms with E-state index in [0.29, 0.717) is 12.8 Å². The Morgan fingerprint density at radius 1 is 1.16 bits per heavy atom. The van der Waals surface area contributed by atoms with Gasteiger partial charge in [0.05, 0.1) is 6.10 Å². The number of hydrogen-bond donors (Lipinski definition) is 0. The molecule has 0 bridgehead atoms. The van der Waals surface area contributed by atoms with Crippen molar-refractivity contribution in [1.82, 2.24) is 0 Å². The highest BCUT2D eigenvalue weighted by Crippen LogP contribution is 2.38. The van der Waals surface area contributed by atoms with Gasteiger partial charge in [-0.2, -0.15) is 0 Å². The maximum absolute atomic E-state index is 12.1. The summed E-state index contributed by atoms with van der Waals surface area (Å²) in [5.74, 6) is -0.248. The van der Waals surface area contributed by atoms with Crippen LogP contribution in [0.4, 0.5) is 0 Å². The maximum Gasteiger partial charge on any atom is 0.171 e. The molecule has 2 unspecified atom stereocenters. The molecule has 0 aromatic rings. The molecular weight excluding hydrogens is 240 g/mol. The lowest BCUT2D eigenvalue weighted by Crippen LogP contribution is -2.47. The van der Waals surface area contributed by atoms with Gasteiger partial charge in [-0.25, -0.2) is 0 Å². The van der Waals surface area contributed by atoms with Gasteiger partial charge in [-0.15, -0.1) is 0 Å². The Morgan fingerprint density at radius 2 is 1.68 bits per heavy atom. The Kier molecular flexibility index (Phi) is 7.23. The first kappa shape index (κ1) is 18.6. The minimum Gasteiger partial charge on any atom is -0.353 e. The number of carbonyl (C=O) groups excluding carboxylic acids is 1. The van der Waals surface area contributed by atoms with Gasteiger partial charge in [-0.3, -0.25) is 4.79 Å². The topological polar surface area (TPSA) is 35.5 Å². The molecular formula is C16H32O3. The van der Waals surface area contributed by atoms with Crippen LogP contribution in [-0.2, 0) is 14.3 Å². The minimum absolute atomic E-state index is 0.120. The summed E-state index contributed by atoms with van der Waals surface area (Å²) in [4.78, 5) is 12.1. The minimum atomic E-state index is -0.691. The van der Waals surface area contributed by atoms with Crippen LogP contribution in [0.5, 0.6) is 0 Å². The van der Waals surface area contributed by atoms with Gasteiger partial charge in [-0.05, 0) is 13.3 Å². The Morgan fingerprint density at radius 3 is 2.00 bits per heavy atom. The van der Waals surface area contributed by atoms with Crippen LogP contribution in [0.3, 0.4) is 0 Å². The van der Waals surface area contributed by atoms with Crippen LogP contribution < -0.4 is 0 Å². The Balaban J connectivity index is 5.20. The monoisotopic (exact) mass is 272 g/mol. The van der Waals surface area contributed by atoms with E-state index in [0.717, 1.165) is 6.42 Å². The fourth-order valence-electron chi connectivity index (χ4n) is 2.35. The van der Waals surface area contributed by atoms with Crippen LogP contribution in [0.2, 0.25) is 0 Å². The maximum atomic E-state index is 12.1. The molecule has 0 N–H and O–H groups in total. The zero-order valence-corrected chi connectivity index (χ0v) is 14.0. The second-order valence-corrected chi connectivity index (χ2v) is 6.34. The molecule has 19 heavy (non-hydrogen) atoms. The second-order valence-electron chi connectivity index (χ2n) is 6.34. The zero-order chi connectivity index (χ0) is 15.3. The van der Waals surface area contributed by atoms with Gasteiger partial charge in [-0.1, -0.05) is 41.5 Å². The molecule has 0 saturated heterocycles. The molecule has 114 valence electrons. The van der Waals surface area contributed by atoms with E-state index >= 15 is 0 Å². The first-order valence-corrected chi connectivity index (χ1v) is 7.41. The van der Waals surface area contributed by atoms with E-state index in [1.165, 1.54) is 0 Å². The summed E-state index contributed by atoms with van der Waals surface area (Å²) in [5, 5.41) is 0. The molecule has 0 amide bonds. The molecule has 0 rings (SSSR count). The fourth-order valence-corrected chi connectivity index (χ4v) is 2.35. The normalized spacial score (nSPS) is 17.3. The van der Waals surface area contributed by atoms with E-state index in [-0.39, 0.29) is 17.8 Å². The van der Waals surface area contributed by atoms with E-state index < -0.39 is 11.2 Å². The largest absolute Gasteiger partial charge is 0.353 e. The van der Waals surface area contributed by atoms with Crippen molar-refractivity contribution in [3.63, 3.8) is 0 Å². The highest BCUT2D eigenvalue weighted by Gasteiger charge is 2.43. The summed E-state index contributed by atoms with van der Waals surface area (Å²) in [6, 6.07) is 0. The molecule has 2 atom stereocenters. The van der Waals surface area contributed by atoms with Crippen molar-refractivity contribution in [2.24, 2.45) is 11.3 Å². The number of rotatable bonds is 9. The molecule has 0 aliphatic rings. The third kappa shape index (κ3) is 4.88. The summed E-state index contributed by atoms with van der Waals surface area (Å²) in [6.07, 6.45) is 2.19. The molecule has 0 heterocycles. The molecule has 0 aliphatic carbocycles. The van der Waals surface area contributed by atoms with Crippen molar-refractivity contribution >= 4 is 5.78 Å². The number of ketones is 1. The third-order valence-corrected chi connectivity index (χ3v) is 3.97. The molecule has 0 radical (unpaired) electrons. The van der Waals surface area contributed by atoms with Crippen molar-refractivity contribution in [3.05, 3.63) is 0 Å². The molecule has 0 spiro atoms. The van der Waals surface area contributed by atoms with E-state index in [1.54, 1.807) is 7.11 Å². The number of Topliss-reactive ketones (excluding diaryl/α,β-unsaturated/α-hetero) is 1. The molecule has 0 aromatic heterocycles. The van der Waals surface area contributed by atoms with Crippen molar-refractivity contribution < 1.29 is 14.3 Å². The van der Waals surface area contributed by atoms with E-state index in [1.807, 2.05) is 27.7 Å². The van der Waals surface area contributed by atoms with Crippen molar-refractivity contribution in [2.75, 3.05) is 7.11 Å². The van der Waals surface area contributed by atoms with Crippen molar-refractivity contribution in [2.45, 2.75) is 79.6 Å². The number of carbonyl (C=O) groups is 1. The van der Waals surface area contributed by atoms with Gasteiger partial charge >= 0.3 is 0 Å². The summed E-state index contributed by atoms with van der Waals surface area (Å²) in [7, 11) is 1.68. The van der Waals surface area contributed by atoms with Crippen molar-refractivity contribution in [3.8, 4) is 0 Å². The lowest BCUT2D eigenvalue weighted by atomic mass is 9.77. The predicted molar refractivity (Wildman–Crippen MR) is 79.1 cm³/mol. The zero-order valence-electron chi connectivity index (χ0n) is 14.0. The van der Waals surface area contributed by atoms with Gasteiger partial charge in [0.25, 0.3) is 0 Å². The number of methoxy groups -OCH3 is 1. The predicted octanol–water partition coefficient (Wildman–Crippen LogP) is 4.20. The van der Waals surface area contributed by atoms with E-state index in [9.17, 15) is 4.79 Å². The van der Waals surface area contributed by atoms with Gasteiger partial charge in [0.1, 0.15) is 5.78 Å². The Hall–Kier alpha value is -0.410. The summed E-state index contributed by atoms with van der Waals surface area (Å²) in [5.41, 5.74) is -0.428. The van der Waals surface area contributed by atoms with Crippen LogP contribution in [0.15, 0.2) is 0 Å². The van der Waals surface area contributed by atoms with E-state index in [4.69, 9.17) is 9.47 Å². The lowest BCUT2D eigenvalue weighted by Gasteiger charge is -2.42. The van der Waals surface area contributed by atoms with Gasteiger partial charge < -0.3 is 9.47 Å². The molecule has 0 fully saturated rings. The fraction of sp³-hybridized carbons (Fsp3) is 0.938. The first-order chi connectivity index (χ1) is 8.65. The summed E-state index contributed by atoms with van der Waals surface area (Å²) in [6.45, 7) is 14.2.